The van der Waals surface area contributed by atoms with E-state index in [4.69, 9.17) is 0 Å². The number of alkyl halides is 3. The SMILES string of the molecule is CC(C)CC(NC(=O)c1cccc(CS(C)=O)c1)c1cccc(C(F)(F)F)c1. The van der Waals surface area contributed by atoms with Gasteiger partial charge in [0.05, 0.1) is 11.6 Å². The lowest BCUT2D eigenvalue weighted by atomic mass is 9.95. The molecule has 0 aromatic heterocycles. The number of hydrogen-bond donors (Lipinski definition) is 1. The molecule has 2 aromatic carbocycles. The summed E-state index contributed by atoms with van der Waals surface area (Å²) in [7, 11) is -1.04. The molecule has 0 bridgehead atoms. The number of halogens is 3. The molecule has 2 aromatic rings. The topological polar surface area (TPSA) is 46.2 Å². The van der Waals surface area contributed by atoms with E-state index in [1.54, 1.807) is 36.6 Å². The predicted molar refractivity (Wildman–Crippen MR) is 105 cm³/mol. The molecular weight excluding hydrogens is 387 g/mol. The van der Waals surface area contributed by atoms with Gasteiger partial charge in [0.15, 0.2) is 0 Å². The van der Waals surface area contributed by atoms with Gasteiger partial charge < -0.3 is 5.32 Å². The highest BCUT2D eigenvalue weighted by molar-refractivity contribution is 7.83. The fraction of sp³-hybridized carbons (Fsp3) is 0.381. The Morgan fingerprint density at radius 1 is 1.11 bits per heavy atom. The van der Waals surface area contributed by atoms with E-state index in [9.17, 15) is 22.2 Å². The van der Waals surface area contributed by atoms with Crippen LogP contribution in [0, 0.1) is 5.92 Å². The van der Waals surface area contributed by atoms with Crippen LogP contribution in [0.1, 0.15) is 53.4 Å². The van der Waals surface area contributed by atoms with Gasteiger partial charge in [0.1, 0.15) is 0 Å². The minimum atomic E-state index is -4.44. The molecule has 0 fully saturated rings. The standard InChI is InChI=1S/C21H24F3NO2S/c1-14(2)10-19(16-7-5-9-18(12-16)21(22,23)24)25-20(26)17-8-4-6-15(11-17)13-28(3)27/h4-9,11-12,14,19H,10,13H2,1-3H3,(H,25,26). The Morgan fingerprint density at radius 2 is 1.79 bits per heavy atom. The fourth-order valence-corrected chi connectivity index (χ4v) is 3.61. The van der Waals surface area contributed by atoms with Crippen LogP contribution in [0.15, 0.2) is 48.5 Å². The van der Waals surface area contributed by atoms with Crippen LogP contribution in [0.5, 0.6) is 0 Å². The van der Waals surface area contributed by atoms with Crippen LogP contribution in [0.4, 0.5) is 13.2 Å². The Hall–Kier alpha value is -2.15. The van der Waals surface area contributed by atoms with Crippen molar-refractivity contribution in [3.63, 3.8) is 0 Å². The second-order valence-electron chi connectivity index (χ2n) is 7.20. The van der Waals surface area contributed by atoms with Crippen LogP contribution >= 0.6 is 0 Å². The molecule has 0 aliphatic heterocycles. The molecule has 3 nitrogen and oxygen atoms in total. The molecule has 2 atom stereocenters. The number of rotatable bonds is 7. The summed E-state index contributed by atoms with van der Waals surface area (Å²) in [6.07, 6.45) is -2.35. The van der Waals surface area contributed by atoms with Crippen molar-refractivity contribution in [2.75, 3.05) is 6.26 Å². The first-order valence-electron chi connectivity index (χ1n) is 8.93. The third-order valence-corrected chi connectivity index (χ3v) is 4.93. The molecule has 2 unspecified atom stereocenters. The zero-order valence-electron chi connectivity index (χ0n) is 16.0. The van der Waals surface area contributed by atoms with Crippen molar-refractivity contribution in [2.24, 2.45) is 5.92 Å². The number of benzene rings is 2. The molecule has 0 radical (unpaired) electrons. The maximum absolute atomic E-state index is 13.1. The van der Waals surface area contributed by atoms with E-state index in [0.717, 1.165) is 17.7 Å². The van der Waals surface area contributed by atoms with Crippen LogP contribution < -0.4 is 5.32 Å². The van der Waals surface area contributed by atoms with Gasteiger partial charge in [-0.2, -0.15) is 13.2 Å². The fourth-order valence-electron chi connectivity index (χ4n) is 2.96. The summed E-state index contributed by atoms with van der Waals surface area (Å²) in [6.45, 7) is 3.90. The second kappa shape index (κ2) is 9.37. The van der Waals surface area contributed by atoms with E-state index in [1.807, 2.05) is 13.8 Å². The molecule has 1 N–H and O–H groups in total. The first kappa shape index (κ1) is 22.1. The van der Waals surface area contributed by atoms with Gasteiger partial charge in [-0.25, -0.2) is 0 Å². The smallest absolute Gasteiger partial charge is 0.345 e. The summed E-state index contributed by atoms with van der Waals surface area (Å²) < 4.78 is 50.6. The van der Waals surface area contributed by atoms with Gasteiger partial charge in [-0.15, -0.1) is 0 Å². The zero-order chi connectivity index (χ0) is 20.9. The van der Waals surface area contributed by atoms with Crippen molar-refractivity contribution in [3.05, 3.63) is 70.8 Å². The molecule has 0 aliphatic rings. The molecule has 0 saturated carbocycles. The lowest BCUT2D eigenvalue weighted by Gasteiger charge is -2.22. The highest BCUT2D eigenvalue weighted by Gasteiger charge is 2.31. The Kier molecular flexibility index (Phi) is 7.41. The Balaban J connectivity index is 2.27. The predicted octanol–water partition coefficient (Wildman–Crippen LogP) is 5.10. The summed E-state index contributed by atoms with van der Waals surface area (Å²) in [4.78, 5) is 12.7. The van der Waals surface area contributed by atoms with Gasteiger partial charge in [-0.3, -0.25) is 9.00 Å². The molecule has 0 heterocycles. The van der Waals surface area contributed by atoms with Crippen LogP contribution in [0.3, 0.4) is 0 Å². The lowest BCUT2D eigenvalue weighted by molar-refractivity contribution is -0.137. The Bertz CT molecular complexity index is 850. The second-order valence-corrected chi connectivity index (χ2v) is 8.63. The van der Waals surface area contributed by atoms with Crippen LogP contribution in [0.25, 0.3) is 0 Å². The molecule has 0 saturated heterocycles. The summed E-state index contributed by atoms with van der Waals surface area (Å²) in [5, 5.41) is 2.86. The molecule has 0 aliphatic carbocycles. The Morgan fingerprint density at radius 3 is 2.39 bits per heavy atom. The molecule has 0 spiro atoms. The van der Waals surface area contributed by atoms with Crippen molar-refractivity contribution >= 4 is 16.7 Å². The average Bonchev–Trinajstić information content (AvgIpc) is 2.60. The van der Waals surface area contributed by atoms with E-state index in [2.05, 4.69) is 5.32 Å². The van der Waals surface area contributed by atoms with E-state index >= 15 is 0 Å². The van der Waals surface area contributed by atoms with Crippen molar-refractivity contribution < 1.29 is 22.2 Å². The maximum Gasteiger partial charge on any atom is 0.416 e. The maximum atomic E-state index is 13.1. The van der Waals surface area contributed by atoms with Crippen LogP contribution in [-0.4, -0.2) is 16.4 Å². The first-order valence-corrected chi connectivity index (χ1v) is 10.7. The van der Waals surface area contributed by atoms with E-state index in [1.165, 1.54) is 6.07 Å². The molecule has 7 heteroatoms. The van der Waals surface area contributed by atoms with Crippen molar-refractivity contribution in [3.8, 4) is 0 Å². The molecular formula is C21H24F3NO2S. The van der Waals surface area contributed by atoms with E-state index < -0.39 is 28.6 Å². The van der Waals surface area contributed by atoms with Crippen LogP contribution in [0.2, 0.25) is 0 Å². The summed E-state index contributed by atoms with van der Waals surface area (Å²) in [6, 6.07) is 11.3. The summed E-state index contributed by atoms with van der Waals surface area (Å²) in [5.74, 6) is 0.143. The number of nitrogens with one attached hydrogen (secondary N) is 1. The average molecular weight is 411 g/mol. The molecule has 28 heavy (non-hydrogen) atoms. The van der Waals surface area contributed by atoms with Crippen LogP contribution in [-0.2, 0) is 22.7 Å². The minimum Gasteiger partial charge on any atom is -0.345 e. The number of hydrogen-bond acceptors (Lipinski definition) is 2. The summed E-state index contributed by atoms with van der Waals surface area (Å²) >= 11 is 0. The molecule has 152 valence electrons. The monoisotopic (exact) mass is 411 g/mol. The van der Waals surface area contributed by atoms with Crippen molar-refractivity contribution in [1.29, 1.82) is 0 Å². The highest BCUT2D eigenvalue weighted by atomic mass is 32.2. The van der Waals surface area contributed by atoms with Gasteiger partial charge in [0.25, 0.3) is 5.91 Å². The van der Waals surface area contributed by atoms with Gasteiger partial charge in [-0.05, 0) is 47.7 Å². The highest BCUT2D eigenvalue weighted by Crippen LogP contribution is 2.32. The third kappa shape index (κ3) is 6.48. The minimum absolute atomic E-state index is 0.175. The zero-order valence-corrected chi connectivity index (χ0v) is 16.9. The first-order chi connectivity index (χ1) is 13.1. The largest absolute Gasteiger partial charge is 0.416 e. The quantitative estimate of drug-likeness (QED) is 0.689. The van der Waals surface area contributed by atoms with E-state index in [0.29, 0.717) is 23.3 Å². The van der Waals surface area contributed by atoms with Gasteiger partial charge in [0.2, 0.25) is 0 Å². The lowest BCUT2D eigenvalue weighted by Crippen LogP contribution is -2.29. The van der Waals surface area contributed by atoms with Crippen molar-refractivity contribution in [2.45, 2.75) is 38.2 Å². The summed E-state index contributed by atoms with van der Waals surface area (Å²) in [5.41, 5.74) is 0.847. The normalized spacial score (nSPS) is 14.0. The molecule has 2 rings (SSSR count). The van der Waals surface area contributed by atoms with E-state index in [-0.39, 0.29) is 11.8 Å². The van der Waals surface area contributed by atoms with Gasteiger partial charge >= 0.3 is 6.18 Å². The van der Waals surface area contributed by atoms with Crippen molar-refractivity contribution in [1.82, 2.24) is 5.32 Å². The number of carbonyl (C=O) groups excluding carboxylic acids is 1. The van der Waals surface area contributed by atoms with Gasteiger partial charge in [-0.1, -0.05) is 38.1 Å². The number of carbonyl (C=O) groups is 1. The van der Waals surface area contributed by atoms with Gasteiger partial charge in [0, 0.05) is 28.4 Å². The Labute approximate surface area is 165 Å². The third-order valence-electron chi connectivity index (χ3n) is 4.19. The number of amides is 1. The molecule has 1 amide bonds.